The molecule has 3 saturated heterocycles. The highest BCUT2D eigenvalue weighted by atomic mass is 32.1. The molecule has 5 heteroatoms. The molecule has 4 rings (SSSR count). The van der Waals surface area contributed by atoms with Crippen LogP contribution in [0.3, 0.4) is 0 Å². The zero-order valence-corrected chi connectivity index (χ0v) is 15.9. The van der Waals surface area contributed by atoms with Crippen molar-refractivity contribution < 1.29 is 9.53 Å². The first-order valence-electron chi connectivity index (χ1n) is 9.81. The van der Waals surface area contributed by atoms with Gasteiger partial charge in [0.25, 0.3) is 0 Å². The van der Waals surface area contributed by atoms with Crippen molar-refractivity contribution in [1.29, 1.82) is 0 Å². The van der Waals surface area contributed by atoms with Crippen molar-refractivity contribution in [2.24, 2.45) is 11.3 Å². The van der Waals surface area contributed by atoms with E-state index < -0.39 is 0 Å². The van der Waals surface area contributed by atoms with Gasteiger partial charge in [-0.25, -0.2) is 0 Å². The molecular weight excluding hydrogens is 332 g/mol. The molecule has 138 valence electrons. The van der Waals surface area contributed by atoms with Crippen LogP contribution in [0, 0.1) is 11.3 Å². The van der Waals surface area contributed by atoms with E-state index in [1.54, 1.807) is 11.3 Å². The van der Waals surface area contributed by atoms with Crippen molar-refractivity contribution in [2.45, 2.75) is 38.5 Å². The lowest BCUT2D eigenvalue weighted by Gasteiger charge is -2.42. The summed E-state index contributed by atoms with van der Waals surface area (Å²) in [4.78, 5) is 17.5. The number of thiophene rings is 1. The number of amides is 1. The molecule has 0 N–H and O–H groups in total. The minimum Gasteiger partial charge on any atom is -0.381 e. The first-order valence-corrected chi connectivity index (χ1v) is 10.8. The van der Waals surface area contributed by atoms with Gasteiger partial charge in [0.15, 0.2) is 0 Å². The first-order chi connectivity index (χ1) is 12.2. The molecule has 0 saturated carbocycles. The Morgan fingerprint density at radius 1 is 1.24 bits per heavy atom. The van der Waals surface area contributed by atoms with Crippen LogP contribution in [0.5, 0.6) is 0 Å². The van der Waals surface area contributed by atoms with Gasteiger partial charge in [-0.3, -0.25) is 4.79 Å². The fourth-order valence-electron chi connectivity index (χ4n) is 4.92. The Morgan fingerprint density at radius 2 is 2.12 bits per heavy atom. The van der Waals surface area contributed by atoms with Crippen LogP contribution in [0.2, 0.25) is 0 Å². The predicted octanol–water partition coefficient (Wildman–Crippen LogP) is 3.03. The fraction of sp³-hybridized carbons (Fsp3) is 0.750. The smallest absolute Gasteiger partial charge is 0.227 e. The minimum absolute atomic E-state index is 0.317. The van der Waals surface area contributed by atoms with E-state index in [4.69, 9.17) is 4.74 Å². The van der Waals surface area contributed by atoms with Crippen LogP contribution in [-0.4, -0.2) is 61.6 Å². The molecule has 1 atom stereocenters. The summed E-state index contributed by atoms with van der Waals surface area (Å²) in [6, 6.07) is 2.07. The summed E-state index contributed by atoms with van der Waals surface area (Å²) < 4.78 is 5.50. The summed E-state index contributed by atoms with van der Waals surface area (Å²) in [5.74, 6) is 1.12. The lowest BCUT2D eigenvalue weighted by Crippen LogP contribution is -2.47. The van der Waals surface area contributed by atoms with Gasteiger partial charge in [-0.15, -0.1) is 0 Å². The highest BCUT2D eigenvalue weighted by Crippen LogP contribution is 2.39. The highest BCUT2D eigenvalue weighted by Gasteiger charge is 2.42. The Morgan fingerprint density at radius 3 is 2.92 bits per heavy atom. The molecule has 3 aliphatic rings. The average Bonchev–Trinajstić information content (AvgIpc) is 3.26. The highest BCUT2D eigenvalue weighted by molar-refractivity contribution is 7.07. The summed E-state index contributed by atoms with van der Waals surface area (Å²) in [5, 5.41) is 4.16. The van der Waals surface area contributed by atoms with Crippen molar-refractivity contribution in [3.05, 3.63) is 22.4 Å². The molecule has 0 radical (unpaired) electrons. The Balaban J connectivity index is 1.31. The predicted molar refractivity (Wildman–Crippen MR) is 101 cm³/mol. The number of hydrogen-bond acceptors (Lipinski definition) is 4. The summed E-state index contributed by atoms with van der Waals surface area (Å²) in [7, 11) is 0. The molecule has 4 heterocycles. The maximum absolute atomic E-state index is 12.6. The van der Waals surface area contributed by atoms with E-state index in [9.17, 15) is 4.79 Å². The van der Waals surface area contributed by atoms with E-state index in [-0.39, 0.29) is 0 Å². The number of carbonyl (C=O) groups is 1. The van der Waals surface area contributed by atoms with Gasteiger partial charge in [-0.2, -0.15) is 11.3 Å². The van der Waals surface area contributed by atoms with E-state index >= 15 is 0 Å². The Kier molecular flexibility index (Phi) is 5.44. The normalized spacial score (nSPS) is 28.7. The number of nitrogens with zero attached hydrogens (tertiary/aromatic N) is 2. The number of carbonyl (C=O) groups excluding carboxylic acids is 1. The maximum Gasteiger partial charge on any atom is 0.227 e. The largest absolute Gasteiger partial charge is 0.381 e. The summed E-state index contributed by atoms with van der Waals surface area (Å²) in [5.41, 5.74) is 1.52. The molecule has 3 aliphatic heterocycles. The van der Waals surface area contributed by atoms with Crippen LogP contribution in [0.4, 0.5) is 0 Å². The molecular formula is C20H30N2O2S. The second-order valence-corrected chi connectivity index (χ2v) is 9.05. The van der Waals surface area contributed by atoms with Crippen LogP contribution in [0.1, 0.15) is 37.7 Å². The van der Waals surface area contributed by atoms with E-state index in [0.29, 0.717) is 17.7 Å². The molecule has 1 aromatic rings. The number of rotatable bonds is 4. The van der Waals surface area contributed by atoms with Crippen LogP contribution >= 0.6 is 11.3 Å². The zero-order valence-electron chi connectivity index (χ0n) is 15.1. The zero-order chi connectivity index (χ0) is 17.1. The van der Waals surface area contributed by atoms with E-state index in [0.717, 1.165) is 32.2 Å². The van der Waals surface area contributed by atoms with E-state index in [1.807, 2.05) is 0 Å². The summed E-state index contributed by atoms with van der Waals surface area (Å²) >= 11 is 1.68. The molecule has 0 aromatic carbocycles. The topological polar surface area (TPSA) is 32.8 Å². The lowest BCUT2D eigenvalue weighted by atomic mass is 9.79. The van der Waals surface area contributed by atoms with Crippen LogP contribution in [0.15, 0.2) is 16.8 Å². The van der Waals surface area contributed by atoms with Crippen LogP contribution in [0.25, 0.3) is 0 Å². The van der Waals surface area contributed by atoms with Gasteiger partial charge < -0.3 is 14.5 Å². The van der Waals surface area contributed by atoms with Crippen molar-refractivity contribution >= 4 is 17.2 Å². The van der Waals surface area contributed by atoms with Gasteiger partial charge in [0.05, 0.1) is 6.42 Å². The van der Waals surface area contributed by atoms with E-state index in [2.05, 4.69) is 26.6 Å². The van der Waals surface area contributed by atoms with Gasteiger partial charge in [0.1, 0.15) is 0 Å². The Labute approximate surface area is 155 Å². The molecule has 0 bridgehead atoms. The molecule has 25 heavy (non-hydrogen) atoms. The SMILES string of the molecule is O=C(Cc1ccsc1)N1CC[C@]2(CCCN(CC3CCOCC3)C2)C1. The molecule has 0 unspecified atom stereocenters. The first kappa shape index (κ1) is 17.5. The van der Waals surface area contributed by atoms with Gasteiger partial charge in [0, 0.05) is 44.8 Å². The fourth-order valence-corrected chi connectivity index (χ4v) is 5.59. The lowest BCUT2D eigenvalue weighted by molar-refractivity contribution is -0.130. The molecule has 1 aromatic heterocycles. The summed E-state index contributed by atoms with van der Waals surface area (Å²) in [6.07, 6.45) is 6.77. The van der Waals surface area contributed by atoms with Gasteiger partial charge in [-0.1, -0.05) is 0 Å². The molecule has 4 nitrogen and oxygen atoms in total. The standard InChI is InChI=1S/C20H30N2O2S/c23-19(12-18-4-11-25-14-18)22-8-6-20(16-22)5-1-7-21(15-20)13-17-2-9-24-10-3-17/h4,11,14,17H,1-3,5-10,12-13,15-16H2/t20-/m0/s1. The number of likely N-dealkylation sites (tertiary alicyclic amines) is 2. The number of hydrogen-bond donors (Lipinski definition) is 0. The van der Waals surface area contributed by atoms with Crippen LogP contribution in [-0.2, 0) is 16.0 Å². The number of piperidine rings is 1. The third-order valence-electron chi connectivity index (χ3n) is 6.32. The van der Waals surface area contributed by atoms with Crippen molar-refractivity contribution in [2.75, 3.05) is 45.9 Å². The minimum atomic E-state index is 0.317. The summed E-state index contributed by atoms with van der Waals surface area (Å²) in [6.45, 7) is 7.46. The average molecular weight is 363 g/mol. The van der Waals surface area contributed by atoms with Gasteiger partial charge in [-0.05, 0) is 67.0 Å². The molecule has 0 aliphatic carbocycles. The number of ether oxygens (including phenoxy) is 1. The van der Waals surface area contributed by atoms with Crippen molar-refractivity contribution in [3.63, 3.8) is 0 Å². The Bertz CT molecular complexity index is 570. The molecule has 1 spiro atoms. The Hall–Kier alpha value is -0.910. The van der Waals surface area contributed by atoms with Crippen molar-refractivity contribution in [1.82, 2.24) is 9.80 Å². The second-order valence-electron chi connectivity index (χ2n) is 8.27. The van der Waals surface area contributed by atoms with Gasteiger partial charge in [0.2, 0.25) is 5.91 Å². The third-order valence-corrected chi connectivity index (χ3v) is 7.06. The van der Waals surface area contributed by atoms with Crippen molar-refractivity contribution in [3.8, 4) is 0 Å². The van der Waals surface area contributed by atoms with E-state index in [1.165, 1.54) is 57.3 Å². The second kappa shape index (κ2) is 7.77. The quantitative estimate of drug-likeness (QED) is 0.825. The maximum atomic E-state index is 12.6. The third kappa shape index (κ3) is 4.26. The molecule has 1 amide bonds. The molecule has 3 fully saturated rings. The van der Waals surface area contributed by atoms with Crippen LogP contribution < -0.4 is 0 Å². The monoisotopic (exact) mass is 362 g/mol. The van der Waals surface area contributed by atoms with Gasteiger partial charge >= 0.3 is 0 Å².